The molecular weight excluding hydrogens is 376 g/mol. The highest BCUT2D eigenvalue weighted by atomic mass is 32.2. The van der Waals surface area contributed by atoms with Crippen LogP contribution in [0.5, 0.6) is 0 Å². The van der Waals surface area contributed by atoms with Crippen molar-refractivity contribution < 1.29 is 13.2 Å². The van der Waals surface area contributed by atoms with Gasteiger partial charge in [-0.15, -0.1) is 0 Å². The van der Waals surface area contributed by atoms with Gasteiger partial charge in [-0.25, -0.2) is 8.42 Å². The molecular formula is C20H34N4O3S. The van der Waals surface area contributed by atoms with Crippen molar-refractivity contribution >= 4 is 15.8 Å². The number of aliphatic imine (C=N–C) groups is 1. The second kappa shape index (κ2) is 12.0. The van der Waals surface area contributed by atoms with Crippen LogP contribution < -0.4 is 10.6 Å². The summed E-state index contributed by atoms with van der Waals surface area (Å²) in [5, 5.41) is 6.59. The molecule has 0 radical (unpaired) electrons. The molecule has 7 nitrogen and oxygen atoms in total. The molecule has 28 heavy (non-hydrogen) atoms. The van der Waals surface area contributed by atoms with E-state index in [2.05, 4.69) is 39.6 Å². The third-order valence-corrected chi connectivity index (χ3v) is 6.19. The first kappa shape index (κ1) is 22.6. The van der Waals surface area contributed by atoms with Gasteiger partial charge in [0.1, 0.15) is 0 Å². The number of sulfone groups is 1. The van der Waals surface area contributed by atoms with Crippen LogP contribution in [0.25, 0.3) is 0 Å². The maximum Gasteiger partial charge on any atom is 0.191 e. The quantitative estimate of drug-likeness (QED) is 0.444. The number of nitrogens with zero attached hydrogens (tertiary/aromatic N) is 2. The van der Waals surface area contributed by atoms with E-state index in [1.54, 1.807) is 0 Å². The predicted molar refractivity (Wildman–Crippen MR) is 114 cm³/mol. The van der Waals surface area contributed by atoms with E-state index in [9.17, 15) is 8.42 Å². The van der Waals surface area contributed by atoms with E-state index in [0.717, 1.165) is 25.6 Å². The van der Waals surface area contributed by atoms with Gasteiger partial charge in [-0.1, -0.05) is 37.3 Å². The van der Waals surface area contributed by atoms with E-state index in [4.69, 9.17) is 4.74 Å². The minimum absolute atomic E-state index is 0.266. The smallest absolute Gasteiger partial charge is 0.191 e. The Labute approximate surface area is 169 Å². The fourth-order valence-corrected chi connectivity index (χ4v) is 4.18. The van der Waals surface area contributed by atoms with Gasteiger partial charge in [0.15, 0.2) is 15.8 Å². The minimum atomic E-state index is -2.82. The summed E-state index contributed by atoms with van der Waals surface area (Å²) in [6.07, 6.45) is 0. The monoisotopic (exact) mass is 410 g/mol. The van der Waals surface area contributed by atoms with Gasteiger partial charge in [0.25, 0.3) is 0 Å². The van der Waals surface area contributed by atoms with Gasteiger partial charge >= 0.3 is 0 Å². The first-order chi connectivity index (χ1) is 13.5. The van der Waals surface area contributed by atoms with Crippen LogP contribution >= 0.6 is 0 Å². The highest BCUT2D eigenvalue weighted by Crippen LogP contribution is 2.04. The maximum absolute atomic E-state index is 11.5. The van der Waals surface area contributed by atoms with Crippen molar-refractivity contribution in [1.29, 1.82) is 0 Å². The van der Waals surface area contributed by atoms with Crippen LogP contribution in [0.1, 0.15) is 19.4 Å². The number of guanidine groups is 1. The molecule has 0 aromatic heterocycles. The fourth-order valence-electron chi connectivity index (χ4n) is 2.90. The zero-order chi connectivity index (χ0) is 20.2. The molecule has 1 atom stereocenters. The molecule has 0 saturated carbocycles. The molecule has 1 aliphatic heterocycles. The highest BCUT2D eigenvalue weighted by molar-refractivity contribution is 7.91. The van der Waals surface area contributed by atoms with Gasteiger partial charge < -0.3 is 15.4 Å². The van der Waals surface area contributed by atoms with E-state index in [1.165, 1.54) is 5.56 Å². The molecule has 2 rings (SSSR count). The number of hydrogen-bond acceptors (Lipinski definition) is 5. The van der Waals surface area contributed by atoms with Crippen molar-refractivity contribution in [2.75, 3.05) is 57.4 Å². The Bertz CT molecular complexity index is 681. The highest BCUT2D eigenvalue weighted by Gasteiger charge is 2.20. The molecule has 1 aliphatic rings. The van der Waals surface area contributed by atoms with Crippen LogP contribution in [0.3, 0.4) is 0 Å². The average molecular weight is 411 g/mol. The Balaban J connectivity index is 1.66. The normalized spacial score (nSPS) is 18.6. The molecule has 0 bridgehead atoms. The summed E-state index contributed by atoms with van der Waals surface area (Å²) < 4.78 is 28.8. The Morgan fingerprint density at radius 1 is 1.21 bits per heavy atom. The SMILES string of the molecule is CCNC(=NCC(C)COCc1ccccc1)NCCN1CCS(=O)(=O)CC1. The molecule has 8 heteroatoms. The number of ether oxygens (including phenoxy) is 1. The second-order valence-electron chi connectivity index (χ2n) is 7.25. The van der Waals surface area contributed by atoms with Crippen LogP contribution in [-0.4, -0.2) is 76.7 Å². The zero-order valence-electron chi connectivity index (χ0n) is 17.1. The lowest BCUT2D eigenvalue weighted by molar-refractivity contribution is 0.0945. The summed E-state index contributed by atoms with van der Waals surface area (Å²) in [6.45, 7) is 9.74. The van der Waals surface area contributed by atoms with Crippen LogP contribution in [-0.2, 0) is 21.2 Å². The molecule has 0 aliphatic carbocycles. The molecule has 1 fully saturated rings. The van der Waals surface area contributed by atoms with E-state index < -0.39 is 9.84 Å². The van der Waals surface area contributed by atoms with Crippen LogP contribution in [0.15, 0.2) is 35.3 Å². The third kappa shape index (κ3) is 9.03. The lowest BCUT2D eigenvalue weighted by Gasteiger charge is -2.26. The molecule has 2 N–H and O–H groups in total. The number of nitrogens with one attached hydrogen (secondary N) is 2. The van der Waals surface area contributed by atoms with Crippen LogP contribution in [0.2, 0.25) is 0 Å². The van der Waals surface area contributed by atoms with Gasteiger partial charge in [-0.05, 0) is 18.4 Å². The molecule has 1 heterocycles. The Kier molecular flexibility index (Phi) is 9.73. The Morgan fingerprint density at radius 2 is 1.93 bits per heavy atom. The maximum atomic E-state index is 11.5. The van der Waals surface area contributed by atoms with E-state index in [1.807, 2.05) is 25.1 Å². The third-order valence-electron chi connectivity index (χ3n) is 4.58. The van der Waals surface area contributed by atoms with Crippen molar-refractivity contribution in [3.63, 3.8) is 0 Å². The summed E-state index contributed by atoms with van der Waals surface area (Å²) in [5.74, 6) is 1.65. The van der Waals surface area contributed by atoms with Crippen LogP contribution in [0, 0.1) is 5.92 Å². The average Bonchev–Trinajstić information content (AvgIpc) is 2.68. The Hall–Kier alpha value is -1.64. The van der Waals surface area contributed by atoms with Crippen molar-refractivity contribution in [2.24, 2.45) is 10.9 Å². The summed E-state index contributed by atoms with van der Waals surface area (Å²) in [5.41, 5.74) is 1.18. The van der Waals surface area contributed by atoms with Gasteiger partial charge in [-0.3, -0.25) is 9.89 Å². The fraction of sp³-hybridized carbons (Fsp3) is 0.650. The molecule has 1 saturated heterocycles. The topological polar surface area (TPSA) is 83.0 Å². The van der Waals surface area contributed by atoms with Gasteiger partial charge in [-0.2, -0.15) is 0 Å². The lowest BCUT2D eigenvalue weighted by Crippen LogP contribution is -2.46. The molecule has 158 valence electrons. The van der Waals surface area contributed by atoms with E-state index >= 15 is 0 Å². The number of benzene rings is 1. The van der Waals surface area contributed by atoms with Crippen molar-refractivity contribution in [2.45, 2.75) is 20.5 Å². The van der Waals surface area contributed by atoms with Crippen molar-refractivity contribution in [3.8, 4) is 0 Å². The summed E-state index contributed by atoms with van der Waals surface area (Å²) in [6, 6.07) is 10.2. The Morgan fingerprint density at radius 3 is 2.61 bits per heavy atom. The molecule has 1 aromatic carbocycles. The summed E-state index contributed by atoms with van der Waals surface area (Å²) in [7, 11) is -2.82. The van der Waals surface area contributed by atoms with Crippen molar-refractivity contribution in [1.82, 2.24) is 15.5 Å². The summed E-state index contributed by atoms with van der Waals surface area (Å²) in [4.78, 5) is 6.82. The van der Waals surface area contributed by atoms with E-state index in [-0.39, 0.29) is 11.5 Å². The minimum Gasteiger partial charge on any atom is -0.376 e. The van der Waals surface area contributed by atoms with Crippen LogP contribution in [0.4, 0.5) is 0 Å². The molecule has 0 amide bonds. The summed E-state index contributed by atoms with van der Waals surface area (Å²) >= 11 is 0. The second-order valence-corrected chi connectivity index (χ2v) is 9.55. The van der Waals surface area contributed by atoms with Gasteiger partial charge in [0.05, 0.1) is 24.7 Å². The van der Waals surface area contributed by atoms with E-state index in [0.29, 0.717) is 38.8 Å². The number of rotatable bonds is 10. The molecule has 1 unspecified atom stereocenters. The first-order valence-electron chi connectivity index (χ1n) is 10.0. The molecule has 1 aromatic rings. The molecule has 0 spiro atoms. The van der Waals surface area contributed by atoms with Gasteiger partial charge in [0.2, 0.25) is 0 Å². The van der Waals surface area contributed by atoms with Crippen molar-refractivity contribution in [3.05, 3.63) is 35.9 Å². The number of hydrogen-bond donors (Lipinski definition) is 2. The predicted octanol–water partition coefficient (Wildman–Crippen LogP) is 1.12. The zero-order valence-corrected chi connectivity index (χ0v) is 17.9. The lowest BCUT2D eigenvalue weighted by atomic mass is 10.2. The standard InChI is InChI=1S/C20H34N4O3S/c1-3-21-20(22-9-10-24-11-13-28(25,26)14-12-24)23-15-18(2)16-27-17-19-7-5-4-6-8-19/h4-8,18H,3,9-17H2,1-2H3,(H2,21,22,23). The van der Waals surface area contributed by atoms with Gasteiger partial charge in [0, 0.05) is 39.3 Å². The first-order valence-corrected chi connectivity index (χ1v) is 11.9. The largest absolute Gasteiger partial charge is 0.376 e.